The number of aryl methyl sites for hydroxylation is 2. The largest absolute Gasteiger partial charge is 0.405 e. The third-order valence-electron chi connectivity index (χ3n) is 3.91. The van der Waals surface area contributed by atoms with Crippen LogP contribution in [-0.2, 0) is 0 Å². The number of hydrogen-bond donors (Lipinski definition) is 2. The monoisotopic (exact) mass is 365 g/mol. The van der Waals surface area contributed by atoms with Crippen molar-refractivity contribution < 1.29 is 18.0 Å². The van der Waals surface area contributed by atoms with Crippen molar-refractivity contribution in [2.45, 2.75) is 26.1 Å². The molecule has 0 saturated carbocycles. The number of hydrogen-bond acceptors (Lipinski definition) is 3. The van der Waals surface area contributed by atoms with E-state index in [1.807, 2.05) is 19.9 Å². The Bertz CT molecular complexity index is 540. The lowest BCUT2D eigenvalue weighted by atomic mass is 10.1. The molecule has 8 heteroatoms. The number of carbonyl (C=O) groups excluding carboxylic acids is 1. The van der Waals surface area contributed by atoms with Crippen LogP contribution in [0.2, 0.25) is 0 Å². The summed E-state index contributed by atoms with van der Waals surface area (Å²) < 4.78 is 39.8. The molecular formula is C16H23ClF3N3O. The maximum absolute atomic E-state index is 13.3. The Hall–Kier alpha value is -1.31. The van der Waals surface area contributed by atoms with E-state index in [0.29, 0.717) is 31.7 Å². The molecular weight excluding hydrogens is 343 g/mol. The van der Waals surface area contributed by atoms with Crippen molar-refractivity contribution in [3.05, 3.63) is 34.9 Å². The van der Waals surface area contributed by atoms with Crippen LogP contribution in [0.4, 0.5) is 13.2 Å². The SMILES string of the molecule is Cc1cc(C)cc(C(=O)NCC(N2CCNCC2)C(F)(F)F)c1.Cl. The Kier molecular flexibility index (Phi) is 7.51. The zero-order valence-corrected chi connectivity index (χ0v) is 14.6. The number of halogens is 4. The van der Waals surface area contributed by atoms with Gasteiger partial charge in [0.15, 0.2) is 0 Å². The number of rotatable bonds is 4. The third kappa shape index (κ3) is 5.65. The second-order valence-electron chi connectivity index (χ2n) is 5.93. The molecule has 0 spiro atoms. The molecule has 24 heavy (non-hydrogen) atoms. The number of piperazine rings is 1. The average molecular weight is 366 g/mol. The van der Waals surface area contributed by atoms with Crippen LogP contribution in [0.3, 0.4) is 0 Å². The summed E-state index contributed by atoms with van der Waals surface area (Å²) in [5, 5.41) is 5.46. The number of nitrogens with one attached hydrogen (secondary N) is 2. The smallest absolute Gasteiger partial charge is 0.350 e. The third-order valence-corrected chi connectivity index (χ3v) is 3.91. The molecule has 1 saturated heterocycles. The van der Waals surface area contributed by atoms with Gasteiger partial charge in [0.2, 0.25) is 0 Å². The summed E-state index contributed by atoms with van der Waals surface area (Å²) >= 11 is 0. The van der Waals surface area contributed by atoms with Gasteiger partial charge in [-0.15, -0.1) is 12.4 Å². The van der Waals surface area contributed by atoms with Gasteiger partial charge < -0.3 is 10.6 Å². The summed E-state index contributed by atoms with van der Waals surface area (Å²) in [6.07, 6.45) is -4.37. The van der Waals surface area contributed by atoms with E-state index in [2.05, 4.69) is 10.6 Å². The van der Waals surface area contributed by atoms with Crippen molar-refractivity contribution in [1.29, 1.82) is 0 Å². The van der Waals surface area contributed by atoms with Crippen LogP contribution >= 0.6 is 12.4 Å². The number of benzene rings is 1. The van der Waals surface area contributed by atoms with E-state index in [1.165, 1.54) is 4.90 Å². The van der Waals surface area contributed by atoms with Gasteiger partial charge in [-0.1, -0.05) is 17.2 Å². The molecule has 1 amide bonds. The minimum absolute atomic E-state index is 0. The number of amides is 1. The fourth-order valence-corrected chi connectivity index (χ4v) is 2.84. The first kappa shape index (κ1) is 20.7. The van der Waals surface area contributed by atoms with Crippen molar-refractivity contribution in [3.63, 3.8) is 0 Å². The Labute approximate surface area is 146 Å². The zero-order chi connectivity index (χ0) is 17.0. The van der Waals surface area contributed by atoms with Crippen molar-refractivity contribution in [2.24, 2.45) is 0 Å². The second kappa shape index (κ2) is 8.69. The van der Waals surface area contributed by atoms with Gasteiger partial charge in [0, 0.05) is 38.3 Å². The van der Waals surface area contributed by atoms with E-state index in [-0.39, 0.29) is 12.4 Å². The highest BCUT2D eigenvalue weighted by atomic mass is 35.5. The summed E-state index contributed by atoms with van der Waals surface area (Å²) in [4.78, 5) is 13.5. The summed E-state index contributed by atoms with van der Waals surface area (Å²) in [5.74, 6) is -0.471. The van der Waals surface area contributed by atoms with Gasteiger partial charge in [-0.05, 0) is 26.0 Å². The van der Waals surface area contributed by atoms with Crippen LogP contribution in [0.25, 0.3) is 0 Å². The lowest BCUT2D eigenvalue weighted by Crippen LogP contribution is -2.57. The van der Waals surface area contributed by atoms with Gasteiger partial charge in [0.1, 0.15) is 6.04 Å². The van der Waals surface area contributed by atoms with Gasteiger partial charge in [-0.25, -0.2) is 0 Å². The predicted octanol–water partition coefficient (Wildman–Crippen LogP) is 2.29. The molecule has 136 valence electrons. The lowest BCUT2D eigenvalue weighted by Gasteiger charge is -2.35. The van der Waals surface area contributed by atoms with Gasteiger partial charge >= 0.3 is 6.18 Å². The highest BCUT2D eigenvalue weighted by Gasteiger charge is 2.43. The molecule has 4 nitrogen and oxygen atoms in total. The molecule has 0 aliphatic carbocycles. The van der Waals surface area contributed by atoms with E-state index >= 15 is 0 Å². The molecule has 1 aliphatic rings. The quantitative estimate of drug-likeness (QED) is 0.860. The summed E-state index contributed by atoms with van der Waals surface area (Å²) in [5.41, 5.74) is 2.21. The molecule has 2 N–H and O–H groups in total. The molecule has 2 rings (SSSR count). The molecule has 1 aromatic rings. The van der Waals surface area contributed by atoms with Crippen LogP contribution in [-0.4, -0.2) is 55.7 Å². The topological polar surface area (TPSA) is 44.4 Å². The van der Waals surface area contributed by atoms with Crippen molar-refractivity contribution in [3.8, 4) is 0 Å². The summed E-state index contributed by atoms with van der Waals surface area (Å²) in [6, 6.07) is 3.61. The van der Waals surface area contributed by atoms with Gasteiger partial charge in [-0.3, -0.25) is 9.69 Å². The van der Waals surface area contributed by atoms with Crippen molar-refractivity contribution >= 4 is 18.3 Å². The molecule has 1 heterocycles. The van der Waals surface area contributed by atoms with Gasteiger partial charge in [0.25, 0.3) is 5.91 Å². The minimum atomic E-state index is -4.37. The minimum Gasteiger partial charge on any atom is -0.350 e. The lowest BCUT2D eigenvalue weighted by molar-refractivity contribution is -0.183. The van der Waals surface area contributed by atoms with E-state index in [9.17, 15) is 18.0 Å². The molecule has 1 fully saturated rings. The Morgan fingerprint density at radius 2 is 1.75 bits per heavy atom. The number of alkyl halides is 3. The molecule has 1 aliphatic heterocycles. The Morgan fingerprint density at radius 1 is 1.21 bits per heavy atom. The standard InChI is InChI=1S/C16H22F3N3O.ClH/c1-11-7-12(2)9-13(8-11)15(23)21-10-14(16(17,18)19)22-5-3-20-4-6-22;/h7-9,14,20H,3-6,10H2,1-2H3,(H,21,23);1H. The maximum Gasteiger partial charge on any atom is 0.405 e. The van der Waals surface area contributed by atoms with Crippen LogP contribution in [0.15, 0.2) is 18.2 Å². The van der Waals surface area contributed by atoms with E-state index in [0.717, 1.165) is 11.1 Å². The van der Waals surface area contributed by atoms with E-state index < -0.39 is 24.7 Å². The highest BCUT2D eigenvalue weighted by Crippen LogP contribution is 2.25. The molecule has 1 unspecified atom stereocenters. The zero-order valence-electron chi connectivity index (χ0n) is 13.7. The fourth-order valence-electron chi connectivity index (χ4n) is 2.84. The van der Waals surface area contributed by atoms with Crippen LogP contribution in [0.1, 0.15) is 21.5 Å². The van der Waals surface area contributed by atoms with Crippen molar-refractivity contribution in [2.75, 3.05) is 32.7 Å². The average Bonchev–Trinajstić information content (AvgIpc) is 2.46. The second-order valence-corrected chi connectivity index (χ2v) is 5.93. The highest BCUT2D eigenvalue weighted by molar-refractivity contribution is 5.94. The maximum atomic E-state index is 13.3. The van der Waals surface area contributed by atoms with Gasteiger partial charge in [-0.2, -0.15) is 13.2 Å². The van der Waals surface area contributed by atoms with Crippen LogP contribution < -0.4 is 10.6 Å². The number of carbonyl (C=O) groups is 1. The fraction of sp³-hybridized carbons (Fsp3) is 0.562. The normalized spacial score (nSPS) is 17.0. The van der Waals surface area contributed by atoms with Gasteiger partial charge in [0.05, 0.1) is 0 Å². The predicted molar refractivity (Wildman–Crippen MR) is 89.8 cm³/mol. The Morgan fingerprint density at radius 3 is 2.25 bits per heavy atom. The van der Waals surface area contributed by atoms with E-state index in [4.69, 9.17) is 0 Å². The molecule has 0 aromatic heterocycles. The first-order chi connectivity index (χ1) is 10.8. The Balaban J connectivity index is 0.00000288. The molecule has 0 radical (unpaired) electrons. The first-order valence-electron chi connectivity index (χ1n) is 7.65. The first-order valence-corrected chi connectivity index (χ1v) is 7.65. The number of nitrogens with zero attached hydrogens (tertiary/aromatic N) is 1. The van der Waals surface area contributed by atoms with Crippen LogP contribution in [0.5, 0.6) is 0 Å². The molecule has 1 atom stereocenters. The van der Waals surface area contributed by atoms with E-state index in [1.54, 1.807) is 12.1 Å². The summed E-state index contributed by atoms with van der Waals surface area (Å²) in [6.45, 7) is 4.96. The summed E-state index contributed by atoms with van der Waals surface area (Å²) in [7, 11) is 0. The van der Waals surface area contributed by atoms with Crippen molar-refractivity contribution in [1.82, 2.24) is 15.5 Å². The molecule has 1 aromatic carbocycles. The molecule has 0 bridgehead atoms. The van der Waals surface area contributed by atoms with Crippen LogP contribution in [0, 0.1) is 13.8 Å².